The molecule has 0 aliphatic rings. The zero-order valence-electron chi connectivity index (χ0n) is 13.7. The van der Waals surface area contributed by atoms with E-state index >= 15 is 0 Å². The van der Waals surface area contributed by atoms with E-state index in [0.29, 0.717) is 0 Å². The summed E-state index contributed by atoms with van der Waals surface area (Å²) in [5, 5.41) is 5.23. The third kappa shape index (κ3) is 5.09. The molecule has 0 amide bonds. The molecule has 2 aromatic heterocycles. The van der Waals surface area contributed by atoms with E-state index in [9.17, 15) is 8.42 Å². The van der Waals surface area contributed by atoms with E-state index in [0.717, 1.165) is 27.8 Å². The van der Waals surface area contributed by atoms with Gasteiger partial charge < -0.3 is 0 Å². The van der Waals surface area contributed by atoms with Crippen LogP contribution < -0.4 is 4.72 Å². The molecule has 0 radical (unpaired) electrons. The van der Waals surface area contributed by atoms with E-state index in [1.807, 2.05) is 54.1 Å². The summed E-state index contributed by atoms with van der Waals surface area (Å²) in [4.78, 5) is 4.19. The minimum Gasteiger partial charge on any atom is -0.264 e. The standard InChI is InChI=1S/C19H18N2O2S2/c1-15-2-4-16(5-3-15)7-9-25(22,23)21-12-17-10-19(13-20-11-17)18-6-8-24-14-18/h2-11,13-14,21H,12H2,1H3/b9-7+. The van der Waals surface area contributed by atoms with Crippen molar-refractivity contribution in [3.63, 3.8) is 0 Å². The average Bonchev–Trinajstić information content (AvgIpc) is 3.15. The molecule has 6 heteroatoms. The Bertz CT molecular complexity index is 961. The van der Waals surface area contributed by atoms with E-state index in [4.69, 9.17) is 0 Å². The first kappa shape index (κ1) is 17.5. The SMILES string of the molecule is Cc1ccc(/C=C/S(=O)(=O)NCc2cncc(-c3ccsc3)c2)cc1. The smallest absolute Gasteiger partial charge is 0.234 e. The lowest BCUT2D eigenvalue weighted by Crippen LogP contribution is -2.20. The molecule has 0 aliphatic carbocycles. The summed E-state index contributed by atoms with van der Waals surface area (Å²) < 4.78 is 26.9. The topological polar surface area (TPSA) is 59.1 Å². The third-order valence-corrected chi connectivity index (χ3v) is 5.37. The highest BCUT2D eigenvalue weighted by Crippen LogP contribution is 2.22. The van der Waals surface area contributed by atoms with Crippen LogP contribution in [0.2, 0.25) is 0 Å². The van der Waals surface area contributed by atoms with Crippen molar-refractivity contribution < 1.29 is 8.42 Å². The molecule has 2 heterocycles. The molecule has 3 aromatic rings. The number of nitrogens with one attached hydrogen (secondary N) is 1. The normalized spacial score (nSPS) is 11.9. The summed E-state index contributed by atoms with van der Waals surface area (Å²) in [6.45, 7) is 2.19. The number of hydrogen-bond donors (Lipinski definition) is 1. The van der Waals surface area contributed by atoms with Gasteiger partial charge in [-0.3, -0.25) is 4.98 Å². The number of pyridine rings is 1. The Kier molecular flexibility index (Phi) is 5.43. The highest BCUT2D eigenvalue weighted by molar-refractivity contribution is 7.92. The van der Waals surface area contributed by atoms with Crippen LogP contribution in [-0.2, 0) is 16.6 Å². The second-order valence-corrected chi connectivity index (χ2v) is 8.10. The lowest BCUT2D eigenvalue weighted by atomic mass is 10.1. The van der Waals surface area contributed by atoms with Gasteiger partial charge in [0.1, 0.15) is 0 Å². The molecule has 1 N–H and O–H groups in total. The van der Waals surface area contributed by atoms with E-state index < -0.39 is 10.0 Å². The molecule has 128 valence electrons. The van der Waals surface area contributed by atoms with Gasteiger partial charge in [0.2, 0.25) is 10.0 Å². The number of thiophene rings is 1. The minimum atomic E-state index is -3.51. The van der Waals surface area contributed by atoms with Crippen LogP contribution in [0.5, 0.6) is 0 Å². The van der Waals surface area contributed by atoms with Crippen LogP contribution in [0.3, 0.4) is 0 Å². The van der Waals surface area contributed by atoms with Crippen molar-refractivity contribution in [1.29, 1.82) is 0 Å². The van der Waals surface area contributed by atoms with Crippen molar-refractivity contribution in [1.82, 2.24) is 9.71 Å². The van der Waals surface area contributed by atoms with Crippen molar-refractivity contribution in [3.8, 4) is 11.1 Å². The largest absolute Gasteiger partial charge is 0.264 e. The summed E-state index contributed by atoms with van der Waals surface area (Å²) in [6.07, 6.45) is 5.03. The molecule has 3 rings (SSSR count). The molecule has 4 nitrogen and oxygen atoms in total. The van der Waals surface area contributed by atoms with Gasteiger partial charge in [-0.1, -0.05) is 29.8 Å². The molecule has 0 aliphatic heterocycles. The van der Waals surface area contributed by atoms with Crippen LogP contribution in [0.25, 0.3) is 17.2 Å². The molecule has 0 spiro atoms. The number of benzene rings is 1. The van der Waals surface area contributed by atoms with Gasteiger partial charge >= 0.3 is 0 Å². The summed E-state index contributed by atoms with van der Waals surface area (Å²) in [7, 11) is -3.51. The fourth-order valence-electron chi connectivity index (χ4n) is 2.25. The maximum Gasteiger partial charge on any atom is 0.234 e. The Balaban J connectivity index is 1.66. The summed E-state index contributed by atoms with van der Waals surface area (Å²) in [5.74, 6) is 0. The number of nitrogens with zero attached hydrogens (tertiary/aromatic N) is 1. The fourth-order valence-corrected chi connectivity index (χ4v) is 3.71. The van der Waals surface area contributed by atoms with Crippen molar-refractivity contribution in [2.24, 2.45) is 0 Å². The maximum absolute atomic E-state index is 12.1. The van der Waals surface area contributed by atoms with Crippen molar-refractivity contribution >= 4 is 27.4 Å². The third-order valence-electron chi connectivity index (χ3n) is 3.64. The van der Waals surface area contributed by atoms with Crippen molar-refractivity contribution in [3.05, 3.63) is 81.7 Å². The van der Waals surface area contributed by atoms with Crippen LogP contribution in [-0.4, -0.2) is 13.4 Å². The molecule has 0 saturated carbocycles. The number of hydrogen-bond acceptors (Lipinski definition) is 4. The van der Waals surface area contributed by atoms with Gasteiger partial charge in [-0.2, -0.15) is 11.3 Å². The molecular formula is C19H18N2O2S2. The van der Waals surface area contributed by atoms with Gasteiger partial charge in [-0.25, -0.2) is 13.1 Å². The van der Waals surface area contributed by atoms with E-state index in [-0.39, 0.29) is 6.54 Å². The average molecular weight is 370 g/mol. The van der Waals surface area contributed by atoms with Crippen LogP contribution in [0.1, 0.15) is 16.7 Å². The number of aryl methyl sites for hydroxylation is 1. The highest BCUT2D eigenvalue weighted by atomic mass is 32.2. The molecule has 0 fully saturated rings. The van der Waals surface area contributed by atoms with E-state index in [1.165, 1.54) is 5.41 Å². The molecule has 0 unspecified atom stereocenters. The Morgan fingerprint density at radius 2 is 1.92 bits per heavy atom. The second kappa shape index (κ2) is 7.74. The first-order valence-corrected chi connectivity index (χ1v) is 10.2. The summed E-state index contributed by atoms with van der Waals surface area (Å²) >= 11 is 1.61. The van der Waals surface area contributed by atoms with Gasteiger partial charge in [-0.05, 0) is 52.6 Å². The van der Waals surface area contributed by atoms with Gasteiger partial charge in [0, 0.05) is 29.9 Å². The Morgan fingerprint density at radius 3 is 2.64 bits per heavy atom. The molecule has 0 saturated heterocycles. The summed E-state index contributed by atoms with van der Waals surface area (Å²) in [6, 6.07) is 11.6. The number of rotatable bonds is 6. The van der Waals surface area contributed by atoms with Crippen molar-refractivity contribution in [2.75, 3.05) is 0 Å². The number of sulfonamides is 1. The number of aromatic nitrogens is 1. The highest BCUT2D eigenvalue weighted by Gasteiger charge is 2.06. The first-order chi connectivity index (χ1) is 12.0. The van der Waals surface area contributed by atoms with Gasteiger partial charge in [0.25, 0.3) is 0 Å². The molecule has 0 bridgehead atoms. The second-order valence-electron chi connectivity index (χ2n) is 5.67. The zero-order chi connectivity index (χ0) is 17.7. The van der Waals surface area contributed by atoms with Crippen LogP contribution >= 0.6 is 11.3 Å². The van der Waals surface area contributed by atoms with E-state index in [2.05, 4.69) is 9.71 Å². The van der Waals surface area contributed by atoms with Crippen molar-refractivity contribution in [2.45, 2.75) is 13.5 Å². The fraction of sp³-hybridized carbons (Fsp3) is 0.105. The lowest BCUT2D eigenvalue weighted by Gasteiger charge is -2.05. The summed E-state index contributed by atoms with van der Waals surface area (Å²) in [5.41, 5.74) is 4.86. The van der Waals surface area contributed by atoms with Crippen LogP contribution in [0, 0.1) is 6.92 Å². The Morgan fingerprint density at radius 1 is 1.12 bits per heavy atom. The molecular weight excluding hydrogens is 352 g/mol. The molecule has 0 atom stereocenters. The monoisotopic (exact) mass is 370 g/mol. The predicted octanol–water partition coefficient (Wildman–Crippen LogP) is 4.21. The maximum atomic E-state index is 12.1. The molecule has 25 heavy (non-hydrogen) atoms. The van der Waals surface area contributed by atoms with E-state index in [1.54, 1.807) is 29.8 Å². The minimum absolute atomic E-state index is 0.200. The van der Waals surface area contributed by atoms with Gasteiger partial charge in [-0.15, -0.1) is 0 Å². The lowest BCUT2D eigenvalue weighted by molar-refractivity contribution is 0.590. The van der Waals surface area contributed by atoms with Gasteiger partial charge in [0.15, 0.2) is 0 Å². The van der Waals surface area contributed by atoms with Gasteiger partial charge in [0.05, 0.1) is 0 Å². The Hall–Kier alpha value is -2.28. The van der Waals surface area contributed by atoms with Crippen LogP contribution in [0.4, 0.5) is 0 Å². The Labute approximate surface area is 151 Å². The quantitative estimate of drug-likeness (QED) is 0.707. The van der Waals surface area contributed by atoms with Crippen LogP contribution in [0.15, 0.2) is 65.0 Å². The zero-order valence-corrected chi connectivity index (χ0v) is 15.3. The predicted molar refractivity (Wildman–Crippen MR) is 104 cm³/mol. The molecule has 1 aromatic carbocycles. The first-order valence-electron chi connectivity index (χ1n) is 7.73.